The summed E-state index contributed by atoms with van der Waals surface area (Å²) in [5.41, 5.74) is -0.432. The predicted molar refractivity (Wildman–Crippen MR) is 87.5 cm³/mol. The number of amides is 1. The second kappa shape index (κ2) is 8.62. The number of rotatable bonds is 9. The molecule has 0 saturated heterocycles. The van der Waals surface area contributed by atoms with Gasteiger partial charge < -0.3 is 15.4 Å². The molecule has 1 amide bonds. The van der Waals surface area contributed by atoms with Gasteiger partial charge in [-0.25, -0.2) is 4.79 Å². The Morgan fingerprint density at radius 3 is 2.19 bits per heavy atom. The number of hydrogen-bond donors (Lipinski definition) is 2. The standard InChI is InChI=1S/C17H34N2O2/c1-6-8-14(9-7-2)18-12-15(13-10-11-13)19-16(20)21-17(3,4)5/h13-15,18H,6-12H2,1-5H3,(H,19,20). The molecule has 1 saturated carbocycles. The Kier molecular flexibility index (Phi) is 7.50. The average molecular weight is 298 g/mol. The van der Waals surface area contributed by atoms with E-state index in [9.17, 15) is 4.79 Å². The van der Waals surface area contributed by atoms with Crippen LogP contribution in [0.15, 0.2) is 0 Å². The molecule has 4 nitrogen and oxygen atoms in total. The molecule has 0 heterocycles. The van der Waals surface area contributed by atoms with Gasteiger partial charge in [-0.05, 0) is 52.4 Å². The highest BCUT2D eigenvalue weighted by molar-refractivity contribution is 5.68. The highest BCUT2D eigenvalue weighted by atomic mass is 16.6. The van der Waals surface area contributed by atoms with Gasteiger partial charge in [0.05, 0.1) is 0 Å². The van der Waals surface area contributed by atoms with Crippen LogP contribution in [0.5, 0.6) is 0 Å². The number of hydrogen-bond acceptors (Lipinski definition) is 3. The van der Waals surface area contributed by atoms with Gasteiger partial charge in [0.1, 0.15) is 5.60 Å². The van der Waals surface area contributed by atoms with Crippen molar-refractivity contribution < 1.29 is 9.53 Å². The molecule has 0 bridgehead atoms. The van der Waals surface area contributed by atoms with Crippen LogP contribution in [0, 0.1) is 5.92 Å². The van der Waals surface area contributed by atoms with E-state index in [-0.39, 0.29) is 12.1 Å². The lowest BCUT2D eigenvalue weighted by Crippen LogP contribution is -2.47. The molecule has 0 aromatic rings. The van der Waals surface area contributed by atoms with Crippen molar-refractivity contribution in [2.24, 2.45) is 5.92 Å². The summed E-state index contributed by atoms with van der Waals surface area (Å²) in [7, 11) is 0. The zero-order chi connectivity index (χ0) is 15.9. The lowest BCUT2D eigenvalue weighted by Gasteiger charge is -2.26. The first-order valence-corrected chi connectivity index (χ1v) is 8.58. The number of carbonyl (C=O) groups is 1. The van der Waals surface area contributed by atoms with E-state index in [1.807, 2.05) is 20.8 Å². The van der Waals surface area contributed by atoms with Gasteiger partial charge in [0.15, 0.2) is 0 Å². The smallest absolute Gasteiger partial charge is 0.407 e. The summed E-state index contributed by atoms with van der Waals surface area (Å²) in [6.45, 7) is 11.0. The molecule has 2 N–H and O–H groups in total. The summed E-state index contributed by atoms with van der Waals surface area (Å²) in [4.78, 5) is 11.9. The van der Waals surface area contributed by atoms with Crippen molar-refractivity contribution in [3.8, 4) is 0 Å². The second-order valence-corrected chi connectivity index (χ2v) is 7.27. The fraction of sp³-hybridized carbons (Fsp3) is 0.941. The molecule has 0 aromatic heterocycles. The van der Waals surface area contributed by atoms with Gasteiger partial charge in [-0.3, -0.25) is 0 Å². The van der Waals surface area contributed by atoms with Crippen molar-refractivity contribution in [2.45, 2.75) is 90.8 Å². The van der Waals surface area contributed by atoms with Crippen LogP contribution in [0.25, 0.3) is 0 Å². The lowest BCUT2D eigenvalue weighted by molar-refractivity contribution is 0.0496. The summed E-state index contributed by atoms with van der Waals surface area (Å²) in [6.07, 6.45) is 6.96. The molecule has 1 rings (SSSR count). The molecule has 21 heavy (non-hydrogen) atoms. The molecule has 1 aliphatic carbocycles. The summed E-state index contributed by atoms with van der Waals surface area (Å²) in [5.74, 6) is 0.619. The first kappa shape index (κ1) is 18.3. The third-order valence-corrected chi connectivity index (χ3v) is 3.79. The zero-order valence-corrected chi connectivity index (χ0v) is 14.5. The van der Waals surface area contributed by atoms with Gasteiger partial charge in [0.25, 0.3) is 0 Å². The summed E-state index contributed by atoms with van der Waals surface area (Å²) in [5, 5.41) is 6.69. The number of ether oxygens (including phenoxy) is 1. The van der Waals surface area contributed by atoms with Gasteiger partial charge >= 0.3 is 6.09 Å². The third-order valence-electron chi connectivity index (χ3n) is 3.79. The number of carbonyl (C=O) groups excluding carboxylic acids is 1. The van der Waals surface area contributed by atoms with E-state index < -0.39 is 5.60 Å². The highest BCUT2D eigenvalue weighted by Crippen LogP contribution is 2.32. The molecule has 1 fully saturated rings. The Hall–Kier alpha value is -0.770. The van der Waals surface area contributed by atoms with Crippen LogP contribution < -0.4 is 10.6 Å². The van der Waals surface area contributed by atoms with Crippen LogP contribution in [0.3, 0.4) is 0 Å². The minimum atomic E-state index is -0.432. The van der Waals surface area contributed by atoms with Crippen LogP contribution in [0.2, 0.25) is 0 Å². The minimum Gasteiger partial charge on any atom is -0.444 e. The Bertz CT molecular complexity index is 302. The van der Waals surface area contributed by atoms with Gasteiger partial charge in [0.2, 0.25) is 0 Å². The number of nitrogens with one attached hydrogen (secondary N) is 2. The van der Waals surface area contributed by atoms with Crippen LogP contribution in [0.4, 0.5) is 4.79 Å². The molecule has 1 atom stereocenters. The maximum Gasteiger partial charge on any atom is 0.407 e. The monoisotopic (exact) mass is 298 g/mol. The SMILES string of the molecule is CCCC(CCC)NCC(NC(=O)OC(C)(C)C)C1CC1. The van der Waals surface area contributed by atoms with Gasteiger partial charge in [-0.2, -0.15) is 0 Å². The van der Waals surface area contributed by atoms with Gasteiger partial charge in [-0.15, -0.1) is 0 Å². The highest BCUT2D eigenvalue weighted by Gasteiger charge is 2.33. The van der Waals surface area contributed by atoms with Crippen molar-refractivity contribution in [1.29, 1.82) is 0 Å². The van der Waals surface area contributed by atoms with E-state index in [1.165, 1.54) is 38.5 Å². The van der Waals surface area contributed by atoms with E-state index in [4.69, 9.17) is 4.74 Å². The Balaban J connectivity index is 2.41. The van der Waals surface area contributed by atoms with E-state index in [2.05, 4.69) is 24.5 Å². The zero-order valence-electron chi connectivity index (χ0n) is 14.5. The van der Waals surface area contributed by atoms with Crippen molar-refractivity contribution in [1.82, 2.24) is 10.6 Å². The topological polar surface area (TPSA) is 50.4 Å². The minimum absolute atomic E-state index is 0.205. The first-order valence-electron chi connectivity index (χ1n) is 8.58. The van der Waals surface area contributed by atoms with E-state index in [0.29, 0.717) is 12.0 Å². The molecular weight excluding hydrogens is 264 g/mol. The summed E-state index contributed by atoms with van der Waals surface area (Å²) < 4.78 is 5.37. The quantitative estimate of drug-likeness (QED) is 0.680. The molecular formula is C17H34N2O2. The molecule has 1 unspecified atom stereocenters. The Labute approximate surface area is 130 Å². The first-order chi connectivity index (χ1) is 9.85. The Morgan fingerprint density at radius 2 is 1.76 bits per heavy atom. The van der Waals surface area contributed by atoms with Crippen molar-refractivity contribution in [3.63, 3.8) is 0 Å². The van der Waals surface area contributed by atoms with E-state index >= 15 is 0 Å². The molecule has 0 aliphatic heterocycles. The number of alkyl carbamates (subject to hydrolysis) is 1. The van der Waals surface area contributed by atoms with Gasteiger partial charge in [0, 0.05) is 18.6 Å². The van der Waals surface area contributed by atoms with Crippen LogP contribution in [-0.2, 0) is 4.74 Å². The Morgan fingerprint density at radius 1 is 1.19 bits per heavy atom. The normalized spacial score (nSPS) is 16.9. The molecule has 124 valence electrons. The molecule has 1 aliphatic rings. The summed E-state index contributed by atoms with van der Waals surface area (Å²) >= 11 is 0. The molecule has 0 radical (unpaired) electrons. The molecule has 4 heteroatoms. The van der Waals surface area contributed by atoms with Crippen LogP contribution in [-0.4, -0.2) is 30.3 Å². The van der Waals surface area contributed by atoms with Crippen LogP contribution >= 0.6 is 0 Å². The molecule has 0 spiro atoms. The summed E-state index contributed by atoms with van der Waals surface area (Å²) in [6, 6.07) is 0.776. The second-order valence-electron chi connectivity index (χ2n) is 7.27. The maximum absolute atomic E-state index is 11.9. The van der Waals surface area contributed by atoms with Crippen LogP contribution in [0.1, 0.15) is 73.1 Å². The fourth-order valence-corrected chi connectivity index (χ4v) is 2.63. The maximum atomic E-state index is 11.9. The predicted octanol–water partition coefficient (Wildman–Crippen LogP) is 3.85. The van der Waals surface area contributed by atoms with Crippen molar-refractivity contribution in [2.75, 3.05) is 6.54 Å². The molecule has 0 aromatic carbocycles. The largest absolute Gasteiger partial charge is 0.444 e. The third kappa shape index (κ3) is 8.30. The van der Waals surface area contributed by atoms with Crippen molar-refractivity contribution >= 4 is 6.09 Å². The van der Waals surface area contributed by atoms with Gasteiger partial charge in [-0.1, -0.05) is 26.7 Å². The van der Waals surface area contributed by atoms with E-state index in [1.54, 1.807) is 0 Å². The van der Waals surface area contributed by atoms with Crippen molar-refractivity contribution in [3.05, 3.63) is 0 Å². The van der Waals surface area contributed by atoms with E-state index in [0.717, 1.165) is 6.54 Å². The fourth-order valence-electron chi connectivity index (χ4n) is 2.63. The lowest BCUT2D eigenvalue weighted by atomic mass is 10.1. The average Bonchev–Trinajstić information content (AvgIpc) is 3.16.